The molecule has 0 unspecified atom stereocenters. The van der Waals surface area contributed by atoms with Crippen LogP contribution in [0.1, 0.15) is 5.56 Å². The van der Waals surface area contributed by atoms with Crippen LogP contribution in [-0.4, -0.2) is 48.7 Å². The Hall–Kier alpha value is -2.60. The summed E-state index contributed by atoms with van der Waals surface area (Å²) in [6, 6.07) is 11.6. The number of rotatable bonds is 6. The van der Waals surface area contributed by atoms with Crippen molar-refractivity contribution in [3.8, 4) is 5.75 Å². The van der Waals surface area contributed by atoms with Crippen molar-refractivity contribution in [1.29, 1.82) is 0 Å². The molecule has 2 aromatic rings. The topological polar surface area (TPSA) is 71.7 Å². The van der Waals surface area contributed by atoms with Crippen LogP contribution in [0, 0.1) is 6.42 Å². The lowest BCUT2D eigenvalue weighted by atomic mass is 10.1. The summed E-state index contributed by atoms with van der Waals surface area (Å²) in [5.74, 6) is 0.521. The predicted octanol–water partition coefficient (Wildman–Crippen LogP) is 2.11. The van der Waals surface area contributed by atoms with Crippen molar-refractivity contribution in [2.24, 2.45) is 5.73 Å². The summed E-state index contributed by atoms with van der Waals surface area (Å²) >= 11 is 0. The number of piperazine rings is 1. The maximum absolute atomic E-state index is 11.1. The van der Waals surface area contributed by atoms with E-state index in [0.717, 1.165) is 44.8 Å². The molecule has 0 spiro atoms. The number of nitrogens with zero attached hydrogens (tertiary/aromatic N) is 3. The summed E-state index contributed by atoms with van der Waals surface area (Å²) in [6.45, 7) is 4.69. The number of amides is 1. The van der Waals surface area contributed by atoms with Crippen LogP contribution in [0.3, 0.4) is 0 Å². The largest absolute Gasteiger partial charge is 0.410 e. The number of aromatic nitrogens is 1. The third kappa shape index (κ3) is 4.93. The van der Waals surface area contributed by atoms with E-state index in [0.29, 0.717) is 5.75 Å². The molecule has 1 aliphatic rings. The van der Waals surface area contributed by atoms with Gasteiger partial charge in [0.2, 0.25) is 0 Å². The van der Waals surface area contributed by atoms with Gasteiger partial charge in [-0.1, -0.05) is 12.1 Å². The van der Waals surface area contributed by atoms with Crippen LogP contribution in [0.4, 0.5) is 10.5 Å². The van der Waals surface area contributed by atoms with Crippen molar-refractivity contribution >= 4 is 11.8 Å². The fourth-order valence-corrected chi connectivity index (χ4v) is 3.02. The Morgan fingerprint density at radius 1 is 1.12 bits per heavy atom. The monoisotopic (exact) mass is 339 g/mol. The first kappa shape index (κ1) is 17.2. The van der Waals surface area contributed by atoms with Crippen LogP contribution >= 0.6 is 0 Å². The average molecular weight is 339 g/mol. The highest BCUT2D eigenvalue weighted by atomic mass is 16.5. The summed E-state index contributed by atoms with van der Waals surface area (Å²) in [5, 5.41) is 0. The lowest BCUT2D eigenvalue weighted by molar-refractivity contribution is 0.210. The van der Waals surface area contributed by atoms with E-state index in [1.165, 1.54) is 5.56 Å². The number of carbonyl (C=O) groups excluding carboxylic acids is 1. The molecular weight excluding hydrogens is 316 g/mol. The summed E-state index contributed by atoms with van der Waals surface area (Å²) in [6.07, 6.45) is 6.13. The zero-order valence-electron chi connectivity index (χ0n) is 14.2. The molecule has 1 aromatic heterocycles. The number of primary amides is 1. The summed E-state index contributed by atoms with van der Waals surface area (Å²) < 4.78 is 5.11. The smallest absolute Gasteiger partial charge is 0.408 e. The first-order valence-corrected chi connectivity index (χ1v) is 8.46. The van der Waals surface area contributed by atoms with Gasteiger partial charge in [0.15, 0.2) is 5.75 Å². The molecule has 131 valence electrons. The second kappa shape index (κ2) is 8.48. The van der Waals surface area contributed by atoms with Crippen LogP contribution in [-0.2, 0) is 6.42 Å². The van der Waals surface area contributed by atoms with Gasteiger partial charge in [-0.25, -0.2) is 4.79 Å². The van der Waals surface area contributed by atoms with E-state index in [9.17, 15) is 4.79 Å². The fraction of sp³-hybridized carbons (Fsp3) is 0.316. The highest BCUT2D eigenvalue weighted by molar-refractivity contribution is 5.72. The molecule has 6 nitrogen and oxygen atoms in total. The lowest BCUT2D eigenvalue weighted by Crippen LogP contribution is -2.47. The minimum Gasteiger partial charge on any atom is -0.408 e. The quantitative estimate of drug-likeness (QED) is 0.873. The molecule has 1 aromatic carbocycles. The molecule has 6 heteroatoms. The van der Waals surface area contributed by atoms with Crippen LogP contribution in [0.2, 0.25) is 0 Å². The molecule has 1 fully saturated rings. The van der Waals surface area contributed by atoms with Crippen LogP contribution in [0.5, 0.6) is 5.75 Å². The van der Waals surface area contributed by atoms with E-state index in [2.05, 4.69) is 21.2 Å². The third-order valence-electron chi connectivity index (χ3n) is 4.31. The molecule has 0 aliphatic carbocycles. The second-order valence-electron chi connectivity index (χ2n) is 6.02. The Bertz CT molecular complexity index is 685. The van der Waals surface area contributed by atoms with Gasteiger partial charge in [-0.05, 0) is 42.7 Å². The minimum atomic E-state index is -0.781. The number of anilines is 1. The van der Waals surface area contributed by atoms with E-state index in [4.69, 9.17) is 10.5 Å². The van der Waals surface area contributed by atoms with Crippen molar-refractivity contribution in [1.82, 2.24) is 9.88 Å². The Kier molecular flexibility index (Phi) is 5.85. The summed E-state index contributed by atoms with van der Waals surface area (Å²) in [4.78, 5) is 19.8. The highest BCUT2D eigenvalue weighted by Crippen LogP contribution is 2.28. The number of carbonyl (C=O) groups is 1. The van der Waals surface area contributed by atoms with Crippen LogP contribution < -0.4 is 15.4 Å². The second-order valence-corrected chi connectivity index (χ2v) is 6.02. The van der Waals surface area contributed by atoms with E-state index in [1.54, 1.807) is 6.07 Å². The molecule has 1 aliphatic heterocycles. The molecule has 3 rings (SSSR count). The fourth-order valence-electron chi connectivity index (χ4n) is 3.02. The molecular formula is C19H23N4O2. The van der Waals surface area contributed by atoms with Crippen LogP contribution in [0.15, 0.2) is 48.8 Å². The standard InChI is InChI=1S/C19H23N4O2/c20-19(24)25-18-6-2-1-5-17(18)23-14-12-22(13-15-23)11-3-4-16-7-9-21-10-8-16/h1-3,5-10H,4,11-15H2,(H2,20,24). The average Bonchev–Trinajstić information content (AvgIpc) is 2.63. The lowest BCUT2D eigenvalue weighted by Gasteiger charge is -2.36. The number of nitrogens with two attached hydrogens (primary N) is 1. The number of pyridine rings is 1. The summed E-state index contributed by atoms with van der Waals surface area (Å²) in [7, 11) is 0. The number of para-hydroxylation sites is 2. The van der Waals surface area contributed by atoms with Crippen molar-refractivity contribution in [3.05, 3.63) is 60.8 Å². The molecule has 2 N–H and O–H groups in total. The van der Waals surface area contributed by atoms with Gasteiger partial charge in [0, 0.05) is 45.1 Å². The van der Waals surface area contributed by atoms with Gasteiger partial charge in [-0.2, -0.15) is 0 Å². The van der Waals surface area contributed by atoms with Gasteiger partial charge in [0.05, 0.1) is 5.69 Å². The molecule has 0 atom stereocenters. The van der Waals surface area contributed by atoms with Crippen molar-refractivity contribution < 1.29 is 9.53 Å². The minimum absolute atomic E-state index is 0.521. The van der Waals surface area contributed by atoms with E-state index in [1.807, 2.05) is 42.7 Å². The van der Waals surface area contributed by atoms with Crippen molar-refractivity contribution in [3.63, 3.8) is 0 Å². The Morgan fingerprint density at radius 2 is 1.84 bits per heavy atom. The van der Waals surface area contributed by atoms with Gasteiger partial charge >= 0.3 is 6.09 Å². The van der Waals surface area contributed by atoms with Gasteiger partial charge < -0.3 is 15.4 Å². The molecule has 0 saturated carbocycles. The zero-order chi connectivity index (χ0) is 17.5. The number of hydrogen-bond acceptors (Lipinski definition) is 5. The Labute approximate surface area is 148 Å². The highest BCUT2D eigenvalue weighted by Gasteiger charge is 2.20. The third-order valence-corrected chi connectivity index (χ3v) is 4.31. The van der Waals surface area contributed by atoms with Crippen LogP contribution in [0.25, 0.3) is 0 Å². The van der Waals surface area contributed by atoms with E-state index < -0.39 is 6.09 Å². The predicted molar refractivity (Wildman–Crippen MR) is 97.5 cm³/mol. The molecule has 25 heavy (non-hydrogen) atoms. The molecule has 1 amide bonds. The maximum Gasteiger partial charge on any atom is 0.410 e. The Morgan fingerprint density at radius 3 is 2.56 bits per heavy atom. The summed E-state index contributed by atoms with van der Waals surface area (Å²) in [5.41, 5.74) is 7.35. The SMILES string of the molecule is NC(=O)Oc1ccccc1N1CCN(C[CH]Cc2ccncc2)CC1. The van der Waals surface area contributed by atoms with Gasteiger partial charge in [0.1, 0.15) is 0 Å². The normalized spacial score (nSPS) is 15.1. The molecule has 1 saturated heterocycles. The Balaban J connectivity index is 1.48. The molecule has 1 radical (unpaired) electrons. The number of ether oxygens (including phenoxy) is 1. The van der Waals surface area contributed by atoms with Gasteiger partial charge in [0.25, 0.3) is 0 Å². The molecule has 2 heterocycles. The molecule has 0 bridgehead atoms. The maximum atomic E-state index is 11.1. The van der Waals surface area contributed by atoms with Crippen molar-refractivity contribution in [2.75, 3.05) is 37.6 Å². The van der Waals surface area contributed by atoms with Gasteiger partial charge in [-0.15, -0.1) is 0 Å². The van der Waals surface area contributed by atoms with E-state index in [-0.39, 0.29) is 0 Å². The van der Waals surface area contributed by atoms with Crippen molar-refractivity contribution in [2.45, 2.75) is 6.42 Å². The number of benzene rings is 1. The first-order valence-electron chi connectivity index (χ1n) is 8.46. The van der Waals surface area contributed by atoms with E-state index >= 15 is 0 Å². The zero-order valence-corrected chi connectivity index (χ0v) is 14.2. The first-order chi connectivity index (χ1) is 12.2. The van der Waals surface area contributed by atoms with Gasteiger partial charge in [-0.3, -0.25) is 9.88 Å². The number of hydrogen-bond donors (Lipinski definition) is 1.